The third-order valence-electron chi connectivity index (χ3n) is 8.83. The van der Waals surface area contributed by atoms with E-state index in [1.54, 1.807) is 0 Å². The number of fused-ring (bicyclic) bond motifs is 2. The lowest BCUT2D eigenvalue weighted by atomic mass is 9.88. The molecule has 0 atom stereocenters. The summed E-state index contributed by atoms with van der Waals surface area (Å²) in [7, 11) is 0. The van der Waals surface area contributed by atoms with Gasteiger partial charge in [-0.25, -0.2) is 4.90 Å². The molecule has 0 spiro atoms. The number of anilines is 6. The van der Waals surface area contributed by atoms with Crippen LogP contribution in [0.15, 0.2) is 97.1 Å². The standard InChI is InChI=1S/C38H35N3O2/c1-6-39-31-17-7-9-19-33(31)40(34-20-10-8-18-32(34)39)30-22-21-29-35-27(30)15-12-16-28(35)37(42)41(38(29)43)36-25(23(2)3)13-11-14-26(36)24(4)5/h7-24H,6H2,1-5H3. The number of imide groups is 1. The van der Waals surface area contributed by atoms with E-state index in [1.807, 2.05) is 48.5 Å². The summed E-state index contributed by atoms with van der Waals surface area (Å²) < 4.78 is 0. The second-order valence-corrected chi connectivity index (χ2v) is 12.0. The van der Waals surface area contributed by atoms with E-state index < -0.39 is 0 Å². The van der Waals surface area contributed by atoms with E-state index in [-0.39, 0.29) is 23.7 Å². The molecule has 5 aromatic carbocycles. The van der Waals surface area contributed by atoms with Crippen molar-refractivity contribution in [2.45, 2.75) is 46.5 Å². The van der Waals surface area contributed by atoms with E-state index in [9.17, 15) is 9.59 Å². The van der Waals surface area contributed by atoms with E-state index in [0.29, 0.717) is 16.5 Å². The second-order valence-electron chi connectivity index (χ2n) is 12.0. The molecular formula is C38H35N3O2. The van der Waals surface area contributed by atoms with Crippen LogP contribution in [0, 0.1) is 0 Å². The van der Waals surface area contributed by atoms with Crippen molar-refractivity contribution in [3.8, 4) is 0 Å². The van der Waals surface area contributed by atoms with Crippen LogP contribution < -0.4 is 14.7 Å². The zero-order chi connectivity index (χ0) is 30.0. The van der Waals surface area contributed by atoms with Crippen LogP contribution in [-0.2, 0) is 0 Å². The lowest BCUT2D eigenvalue weighted by Crippen LogP contribution is -2.42. The second kappa shape index (κ2) is 10.1. The monoisotopic (exact) mass is 565 g/mol. The summed E-state index contributed by atoms with van der Waals surface area (Å²) in [6, 6.07) is 32.7. The molecule has 5 aromatic rings. The largest absolute Gasteiger partial charge is 0.338 e. The number of para-hydroxylation sites is 5. The zero-order valence-corrected chi connectivity index (χ0v) is 25.3. The Kier molecular flexibility index (Phi) is 6.35. The number of rotatable bonds is 5. The van der Waals surface area contributed by atoms with Gasteiger partial charge in [0.2, 0.25) is 0 Å². The molecule has 2 aliphatic heterocycles. The minimum absolute atomic E-state index is 0.149. The van der Waals surface area contributed by atoms with Gasteiger partial charge in [-0.1, -0.05) is 82.3 Å². The smallest absolute Gasteiger partial charge is 0.266 e. The molecule has 0 bridgehead atoms. The summed E-state index contributed by atoms with van der Waals surface area (Å²) in [6.45, 7) is 11.4. The Bertz CT molecular complexity index is 1840. The van der Waals surface area contributed by atoms with Gasteiger partial charge in [-0.2, -0.15) is 0 Å². The number of benzene rings is 5. The molecule has 214 valence electrons. The topological polar surface area (TPSA) is 43.9 Å². The minimum Gasteiger partial charge on any atom is -0.338 e. The maximum absolute atomic E-state index is 14.4. The quantitative estimate of drug-likeness (QED) is 0.199. The molecule has 0 saturated carbocycles. The summed E-state index contributed by atoms with van der Waals surface area (Å²) in [6.07, 6.45) is 0. The van der Waals surface area contributed by atoms with E-state index >= 15 is 0 Å². The summed E-state index contributed by atoms with van der Waals surface area (Å²) in [5.41, 5.74) is 9.14. The van der Waals surface area contributed by atoms with Crippen LogP contribution in [0.4, 0.5) is 34.1 Å². The van der Waals surface area contributed by atoms with Gasteiger partial charge in [0.05, 0.1) is 34.1 Å². The zero-order valence-electron chi connectivity index (χ0n) is 25.3. The summed E-state index contributed by atoms with van der Waals surface area (Å²) in [5, 5.41) is 1.60. The Morgan fingerprint density at radius 3 is 1.58 bits per heavy atom. The molecular weight excluding hydrogens is 530 g/mol. The van der Waals surface area contributed by atoms with Crippen LogP contribution in [0.25, 0.3) is 10.8 Å². The number of amides is 2. The van der Waals surface area contributed by atoms with E-state index in [1.165, 1.54) is 4.90 Å². The molecule has 0 N–H and O–H groups in total. The number of hydrogen-bond donors (Lipinski definition) is 0. The predicted molar refractivity (Wildman–Crippen MR) is 177 cm³/mol. The third kappa shape index (κ3) is 3.91. The Hall–Kier alpha value is -4.90. The van der Waals surface area contributed by atoms with Gasteiger partial charge in [0.15, 0.2) is 0 Å². The van der Waals surface area contributed by atoms with Gasteiger partial charge < -0.3 is 9.80 Å². The van der Waals surface area contributed by atoms with Crippen molar-refractivity contribution < 1.29 is 9.59 Å². The summed E-state index contributed by atoms with van der Waals surface area (Å²) in [5.74, 6) is -0.245. The normalized spacial score (nSPS) is 14.2. The lowest BCUT2D eigenvalue weighted by Gasteiger charge is -2.40. The molecule has 0 aromatic heterocycles. The SMILES string of the molecule is CCN1c2ccccc2N(c2ccc3c4c(cccc24)C(=O)N(c2c(C(C)C)cccc2C(C)C)C3=O)c2ccccc21. The molecule has 0 radical (unpaired) electrons. The molecule has 2 aliphatic rings. The molecule has 7 rings (SSSR count). The van der Waals surface area contributed by atoms with Gasteiger partial charge in [-0.05, 0) is 72.4 Å². The fourth-order valence-corrected chi connectivity index (χ4v) is 6.87. The van der Waals surface area contributed by atoms with Gasteiger partial charge in [-0.3, -0.25) is 9.59 Å². The van der Waals surface area contributed by atoms with Crippen molar-refractivity contribution >= 4 is 56.7 Å². The number of nitrogens with zero attached hydrogens (tertiary/aromatic N) is 3. The van der Waals surface area contributed by atoms with Crippen molar-refractivity contribution in [3.63, 3.8) is 0 Å². The maximum Gasteiger partial charge on any atom is 0.266 e. The average Bonchev–Trinajstić information content (AvgIpc) is 3.02. The van der Waals surface area contributed by atoms with Gasteiger partial charge in [-0.15, -0.1) is 0 Å². The molecule has 0 saturated heterocycles. The first-order valence-electron chi connectivity index (χ1n) is 15.2. The fraction of sp³-hybridized carbons (Fsp3) is 0.211. The minimum atomic E-state index is -0.271. The van der Waals surface area contributed by atoms with Crippen molar-refractivity contribution in [2.75, 3.05) is 21.2 Å². The molecule has 5 nitrogen and oxygen atoms in total. The highest BCUT2D eigenvalue weighted by Gasteiger charge is 2.38. The van der Waals surface area contributed by atoms with Crippen molar-refractivity contribution in [2.24, 2.45) is 0 Å². The van der Waals surface area contributed by atoms with Crippen LogP contribution in [0.3, 0.4) is 0 Å². The van der Waals surface area contributed by atoms with Crippen molar-refractivity contribution in [1.82, 2.24) is 0 Å². The molecule has 43 heavy (non-hydrogen) atoms. The Morgan fingerprint density at radius 1 is 0.535 bits per heavy atom. The Labute approximate surface area is 253 Å². The molecule has 5 heteroatoms. The number of hydrogen-bond acceptors (Lipinski definition) is 4. The first kappa shape index (κ1) is 27.0. The number of carbonyl (C=O) groups is 2. The van der Waals surface area contributed by atoms with Crippen LogP contribution in [-0.4, -0.2) is 18.4 Å². The molecule has 0 fully saturated rings. The van der Waals surface area contributed by atoms with E-state index in [2.05, 4.69) is 92.9 Å². The highest BCUT2D eigenvalue weighted by molar-refractivity contribution is 6.37. The predicted octanol–water partition coefficient (Wildman–Crippen LogP) is 9.83. The third-order valence-corrected chi connectivity index (χ3v) is 8.83. The maximum atomic E-state index is 14.4. The van der Waals surface area contributed by atoms with E-state index in [4.69, 9.17) is 0 Å². The molecule has 0 aliphatic carbocycles. The van der Waals surface area contributed by atoms with Crippen LogP contribution in [0.2, 0.25) is 0 Å². The number of carbonyl (C=O) groups excluding carboxylic acids is 2. The van der Waals surface area contributed by atoms with Gasteiger partial charge in [0.25, 0.3) is 11.8 Å². The highest BCUT2D eigenvalue weighted by Crippen LogP contribution is 2.53. The van der Waals surface area contributed by atoms with Gasteiger partial charge in [0.1, 0.15) is 0 Å². The summed E-state index contributed by atoms with van der Waals surface area (Å²) >= 11 is 0. The van der Waals surface area contributed by atoms with Gasteiger partial charge in [0, 0.05) is 28.4 Å². The first-order chi connectivity index (χ1) is 20.8. The Balaban J connectivity index is 1.46. The fourth-order valence-electron chi connectivity index (χ4n) is 6.87. The van der Waals surface area contributed by atoms with Crippen LogP contribution >= 0.6 is 0 Å². The molecule has 2 amide bonds. The highest BCUT2D eigenvalue weighted by atomic mass is 16.2. The van der Waals surface area contributed by atoms with Crippen LogP contribution in [0.5, 0.6) is 0 Å². The van der Waals surface area contributed by atoms with Crippen LogP contribution in [0.1, 0.15) is 78.3 Å². The van der Waals surface area contributed by atoms with Crippen molar-refractivity contribution in [1.29, 1.82) is 0 Å². The Morgan fingerprint density at radius 2 is 1.05 bits per heavy atom. The first-order valence-corrected chi connectivity index (χ1v) is 15.2. The average molecular weight is 566 g/mol. The van der Waals surface area contributed by atoms with Crippen molar-refractivity contribution in [3.05, 3.63) is 119 Å². The molecule has 2 heterocycles. The van der Waals surface area contributed by atoms with E-state index in [0.717, 1.165) is 57.2 Å². The van der Waals surface area contributed by atoms with Gasteiger partial charge >= 0.3 is 0 Å². The summed E-state index contributed by atoms with van der Waals surface area (Å²) in [4.78, 5) is 34.9. The molecule has 0 unspecified atom stereocenters. The lowest BCUT2D eigenvalue weighted by molar-refractivity contribution is 0.0893.